The number of aryl methyl sites for hydroxylation is 1. The van der Waals surface area contributed by atoms with E-state index in [-0.39, 0.29) is 0 Å². The van der Waals surface area contributed by atoms with Crippen LogP contribution in [-0.4, -0.2) is 24.9 Å². The van der Waals surface area contributed by atoms with Crippen molar-refractivity contribution in [2.75, 3.05) is 0 Å². The minimum absolute atomic E-state index is 0.622. The fourth-order valence-electron chi connectivity index (χ4n) is 2.30. The van der Waals surface area contributed by atoms with E-state index >= 15 is 0 Å². The molecular formula is C13H17N5OS. The van der Waals surface area contributed by atoms with Gasteiger partial charge >= 0.3 is 0 Å². The lowest BCUT2D eigenvalue weighted by Gasteiger charge is -2.06. The van der Waals surface area contributed by atoms with Crippen molar-refractivity contribution in [3.8, 4) is 0 Å². The van der Waals surface area contributed by atoms with Crippen molar-refractivity contribution in [1.29, 1.82) is 0 Å². The second-order valence-corrected chi connectivity index (χ2v) is 6.41. The van der Waals surface area contributed by atoms with Gasteiger partial charge in [0.2, 0.25) is 5.89 Å². The Balaban J connectivity index is 1.50. The Labute approximate surface area is 121 Å². The van der Waals surface area contributed by atoms with E-state index in [1.807, 2.05) is 6.92 Å². The van der Waals surface area contributed by atoms with Crippen LogP contribution in [0.5, 0.6) is 0 Å². The van der Waals surface area contributed by atoms with Crippen LogP contribution in [0, 0.1) is 0 Å². The second kappa shape index (κ2) is 4.87. The van der Waals surface area contributed by atoms with Crippen molar-refractivity contribution in [1.82, 2.24) is 24.9 Å². The molecule has 7 heteroatoms. The second-order valence-electron chi connectivity index (χ2n) is 5.46. The molecule has 0 spiro atoms. The Morgan fingerprint density at radius 2 is 2.10 bits per heavy atom. The zero-order valence-corrected chi connectivity index (χ0v) is 12.3. The molecule has 2 aromatic rings. The molecular weight excluding hydrogens is 274 g/mol. The van der Waals surface area contributed by atoms with Crippen molar-refractivity contribution >= 4 is 11.8 Å². The minimum Gasteiger partial charge on any atom is -0.338 e. The highest BCUT2D eigenvalue weighted by Crippen LogP contribution is 2.46. The molecule has 0 radical (unpaired) electrons. The number of aromatic nitrogens is 5. The molecule has 2 heterocycles. The highest BCUT2D eigenvalue weighted by molar-refractivity contribution is 7.98. The summed E-state index contributed by atoms with van der Waals surface area (Å²) >= 11 is 1.65. The zero-order valence-electron chi connectivity index (χ0n) is 11.4. The van der Waals surface area contributed by atoms with Crippen LogP contribution >= 0.6 is 11.8 Å². The molecule has 2 aromatic heterocycles. The van der Waals surface area contributed by atoms with E-state index in [9.17, 15) is 0 Å². The third kappa shape index (κ3) is 2.34. The monoisotopic (exact) mass is 291 g/mol. The summed E-state index contributed by atoms with van der Waals surface area (Å²) in [5.41, 5.74) is 0. The Morgan fingerprint density at radius 1 is 1.25 bits per heavy atom. The third-order valence-electron chi connectivity index (χ3n) is 3.70. The van der Waals surface area contributed by atoms with Crippen LogP contribution < -0.4 is 0 Å². The van der Waals surface area contributed by atoms with Crippen molar-refractivity contribution < 1.29 is 4.52 Å². The quantitative estimate of drug-likeness (QED) is 0.762. The summed E-state index contributed by atoms with van der Waals surface area (Å²) in [4.78, 5) is 4.33. The summed E-state index contributed by atoms with van der Waals surface area (Å²) in [5, 5.41) is 13.7. The number of thioether (sulfide) groups is 1. The van der Waals surface area contributed by atoms with Gasteiger partial charge in [-0.1, -0.05) is 23.8 Å². The number of hydrogen-bond donors (Lipinski definition) is 0. The van der Waals surface area contributed by atoms with Gasteiger partial charge in [0.15, 0.2) is 11.0 Å². The van der Waals surface area contributed by atoms with E-state index in [1.165, 1.54) is 31.5 Å². The summed E-state index contributed by atoms with van der Waals surface area (Å²) < 4.78 is 7.57. The first-order chi connectivity index (χ1) is 9.85. The molecule has 2 fully saturated rings. The van der Waals surface area contributed by atoms with Gasteiger partial charge in [0, 0.05) is 18.4 Å². The van der Waals surface area contributed by atoms with Crippen LogP contribution in [0.4, 0.5) is 0 Å². The molecule has 2 aliphatic carbocycles. The standard InChI is InChI=1S/C13H17N5OS/c1-2-10-14-11(19-17-10)7-20-13-16-15-12(8-3-4-8)18(13)9-5-6-9/h8-9H,2-7H2,1H3. The van der Waals surface area contributed by atoms with E-state index in [0.717, 1.165) is 17.4 Å². The molecule has 0 amide bonds. The van der Waals surface area contributed by atoms with Crippen LogP contribution in [0.1, 0.15) is 62.1 Å². The predicted molar refractivity (Wildman–Crippen MR) is 73.5 cm³/mol. The van der Waals surface area contributed by atoms with Gasteiger partial charge in [-0.25, -0.2) is 0 Å². The summed E-state index contributed by atoms with van der Waals surface area (Å²) in [6, 6.07) is 0.622. The number of hydrogen-bond acceptors (Lipinski definition) is 6. The highest BCUT2D eigenvalue weighted by atomic mass is 32.2. The predicted octanol–water partition coefficient (Wildman–Crippen LogP) is 2.73. The lowest BCUT2D eigenvalue weighted by atomic mass is 10.4. The van der Waals surface area contributed by atoms with E-state index in [0.29, 0.717) is 23.6 Å². The summed E-state index contributed by atoms with van der Waals surface area (Å²) in [5.74, 6) is 3.94. The number of rotatable bonds is 6. The topological polar surface area (TPSA) is 69.6 Å². The molecule has 4 rings (SSSR count). The summed E-state index contributed by atoms with van der Waals surface area (Å²) in [6.07, 6.45) is 5.84. The van der Waals surface area contributed by atoms with E-state index in [4.69, 9.17) is 4.52 Å². The molecule has 0 saturated heterocycles. The van der Waals surface area contributed by atoms with Crippen LogP contribution in [0.25, 0.3) is 0 Å². The third-order valence-corrected chi connectivity index (χ3v) is 4.62. The van der Waals surface area contributed by atoms with Gasteiger partial charge in [0.25, 0.3) is 0 Å². The van der Waals surface area contributed by atoms with E-state index < -0.39 is 0 Å². The van der Waals surface area contributed by atoms with Crippen molar-refractivity contribution in [3.05, 3.63) is 17.5 Å². The summed E-state index contributed by atoms with van der Waals surface area (Å²) in [7, 11) is 0. The van der Waals surface area contributed by atoms with Gasteiger partial charge in [0.05, 0.1) is 5.75 Å². The number of nitrogens with zero attached hydrogens (tertiary/aromatic N) is 5. The molecule has 2 aliphatic rings. The smallest absolute Gasteiger partial charge is 0.237 e. The minimum atomic E-state index is 0.622. The van der Waals surface area contributed by atoms with Crippen molar-refractivity contribution in [2.24, 2.45) is 0 Å². The maximum Gasteiger partial charge on any atom is 0.237 e. The normalized spacial score (nSPS) is 18.6. The van der Waals surface area contributed by atoms with Gasteiger partial charge in [-0.2, -0.15) is 4.98 Å². The molecule has 0 atom stereocenters. The first kappa shape index (κ1) is 12.4. The molecule has 0 unspecified atom stereocenters. The van der Waals surface area contributed by atoms with Crippen LogP contribution in [0.2, 0.25) is 0 Å². The fraction of sp³-hybridized carbons (Fsp3) is 0.692. The van der Waals surface area contributed by atoms with Gasteiger partial charge in [0.1, 0.15) is 5.82 Å². The molecule has 0 bridgehead atoms. The maximum absolute atomic E-state index is 5.22. The lowest BCUT2D eigenvalue weighted by Crippen LogP contribution is -2.02. The maximum atomic E-state index is 5.22. The SMILES string of the molecule is CCc1noc(CSc2nnc(C3CC3)n2C2CC2)n1. The Morgan fingerprint density at radius 3 is 2.75 bits per heavy atom. The first-order valence-corrected chi connectivity index (χ1v) is 8.22. The van der Waals surface area contributed by atoms with Crippen molar-refractivity contribution in [2.45, 2.75) is 61.9 Å². The Hall–Kier alpha value is -1.37. The molecule has 0 aromatic carbocycles. The van der Waals surface area contributed by atoms with E-state index in [2.05, 4.69) is 24.9 Å². The molecule has 6 nitrogen and oxygen atoms in total. The van der Waals surface area contributed by atoms with Gasteiger partial charge in [-0.3, -0.25) is 0 Å². The fourth-order valence-corrected chi connectivity index (χ4v) is 3.15. The van der Waals surface area contributed by atoms with Crippen molar-refractivity contribution in [3.63, 3.8) is 0 Å². The zero-order chi connectivity index (χ0) is 13.5. The highest BCUT2D eigenvalue weighted by Gasteiger charge is 2.36. The van der Waals surface area contributed by atoms with Gasteiger partial charge < -0.3 is 9.09 Å². The van der Waals surface area contributed by atoms with Gasteiger partial charge in [-0.15, -0.1) is 10.2 Å². The van der Waals surface area contributed by atoms with E-state index in [1.54, 1.807) is 11.8 Å². The molecule has 2 saturated carbocycles. The van der Waals surface area contributed by atoms with Crippen LogP contribution in [-0.2, 0) is 12.2 Å². The summed E-state index contributed by atoms with van der Waals surface area (Å²) in [6.45, 7) is 2.02. The Bertz CT molecular complexity index is 614. The lowest BCUT2D eigenvalue weighted by molar-refractivity contribution is 0.385. The molecule has 0 aliphatic heterocycles. The van der Waals surface area contributed by atoms with Crippen LogP contribution in [0.15, 0.2) is 9.68 Å². The largest absolute Gasteiger partial charge is 0.338 e. The molecule has 0 N–H and O–H groups in total. The van der Waals surface area contributed by atoms with Gasteiger partial charge in [-0.05, 0) is 25.7 Å². The average Bonchev–Trinajstić information content (AvgIpc) is 3.39. The van der Waals surface area contributed by atoms with Crippen LogP contribution in [0.3, 0.4) is 0 Å². The Kier molecular flexibility index (Phi) is 3.02. The first-order valence-electron chi connectivity index (χ1n) is 7.24. The average molecular weight is 291 g/mol. The molecule has 20 heavy (non-hydrogen) atoms. The molecule has 106 valence electrons.